The molecule has 4 rings (SSSR count). The van der Waals surface area contributed by atoms with Crippen LogP contribution in [0.2, 0.25) is 0 Å². The van der Waals surface area contributed by atoms with Crippen LogP contribution >= 0.6 is 23.1 Å². The Kier molecular flexibility index (Phi) is 5.86. The number of fused-ring (bicyclic) bond motifs is 1. The Balaban J connectivity index is 1.57. The van der Waals surface area contributed by atoms with Crippen molar-refractivity contribution in [2.24, 2.45) is 7.05 Å². The van der Waals surface area contributed by atoms with Crippen molar-refractivity contribution in [3.63, 3.8) is 0 Å². The highest BCUT2D eigenvalue weighted by atomic mass is 32.2. The Morgan fingerprint density at radius 3 is 2.83 bits per heavy atom. The molecule has 0 amide bonds. The Morgan fingerprint density at radius 1 is 1.27 bits per heavy atom. The third-order valence-corrected chi connectivity index (χ3v) is 6.39. The number of H-pyrrole nitrogens is 1. The summed E-state index contributed by atoms with van der Waals surface area (Å²) in [5.41, 5.74) is 1.46. The van der Waals surface area contributed by atoms with E-state index in [1.165, 1.54) is 23.7 Å². The average Bonchev–Trinajstić information content (AvgIpc) is 3.48. The van der Waals surface area contributed by atoms with E-state index in [0.29, 0.717) is 17.1 Å². The first-order valence-corrected chi connectivity index (χ1v) is 10.9. The van der Waals surface area contributed by atoms with Gasteiger partial charge >= 0.3 is 5.97 Å². The molecule has 0 atom stereocenters. The zero-order chi connectivity index (χ0) is 21.1. The van der Waals surface area contributed by atoms with Crippen molar-refractivity contribution in [1.82, 2.24) is 24.7 Å². The Bertz CT molecular complexity index is 1180. The zero-order valence-electron chi connectivity index (χ0n) is 16.3. The Labute approximate surface area is 180 Å². The van der Waals surface area contributed by atoms with E-state index in [4.69, 9.17) is 4.74 Å². The summed E-state index contributed by atoms with van der Waals surface area (Å²) < 4.78 is 6.75. The molecule has 3 aromatic heterocycles. The Hall–Kier alpha value is -3.11. The standard InChI is InChI=1S/C20H19N5O3S2/c1-25-16(10-12-6-5-9-29-12)23-24-20(25)30-11-15(26)17(19(27)28-2)18-21-13-7-3-4-8-14(13)22-18/h3-9,26H,10-11H2,1-2H3,(H,21,22)/b17-15+. The predicted molar refractivity (Wildman–Crippen MR) is 117 cm³/mol. The number of hydrogen-bond donors (Lipinski definition) is 2. The normalized spacial score (nSPS) is 12.2. The molecule has 0 spiro atoms. The number of aromatic amines is 1. The van der Waals surface area contributed by atoms with Gasteiger partial charge < -0.3 is 19.4 Å². The van der Waals surface area contributed by atoms with E-state index in [1.807, 2.05) is 47.3 Å². The number of para-hydroxylation sites is 2. The molecule has 8 nitrogen and oxygen atoms in total. The highest BCUT2D eigenvalue weighted by molar-refractivity contribution is 7.99. The number of hydrogen-bond acceptors (Lipinski definition) is 8. The molecule has 0 saturated carbocycles. The average molecular weight is 442 g/mol. The topological polar surface area (TPSA) is 106 Å². The van der Waals surface area contributed by atoms with E-state index < -0.39 is 5.97 Å². The van der Waals surface area contributed by atoms with Gasteiger partial charge in [0.15, 0.2) is 5.16 Å². The molecule has 0 radical (unpaired) electrons. The van der Waals surface area contributed by atoms with Gasteiger partial charge in [-0.15, -0.1) is 21.5 Å². The van der Waals surface area contributed by atoms with Gasteiger partial charge in [-0.1, -0.05) is 30.0 Å². The molecule has 154 valence electrons. The van der Waals surface area contributed by atoms with Gasteiger partial charge in [-0.05, 0) is 23.6 Å². The number of nitrogens with one attached hydrogen (secondary N) is 1. The van der Waals surface area contributed by atoms with Gasteiger partial charge in [-0.2, -0.15) is 0 Å². The van der Waals surface area contributed by atoms with Crippen LogP contribution in [0.1, 0.15) is 16.5 Å². The summed E-state index contributed by atoms with van der Waals surface area (Å²) in [6, 6.07) is 11.4. The van der Waals surface area contributed by atoms with E-state index >= 15 is 0 Å². The largest absolute Gasteiger partial charge is 0.510 e. The number of nitrogens with zero attached hydrogens (tertiary/aromatic N) is 4. The molecule has 0 fully saturated rings. The number of aliphatic hydroxyl groups is 1. The first kappa shape index (κ1) is 20.2. The lowest BCUT2D eigenvalue weighted by Gasteiger charge is -2.07. The summed E-state index contributed by atoms with van der Waals surface area (Å²) in [5.74, 6) is 0.399. The van der Waals surface area contributed by atoms with Gasteiger partial charge in [0.2, 0.25) is 0 Å². The second-order valence-electron chi connectivity index (χ2n) is 6.42. The Morgan fingerprint density at radius 2 is 2.10 bits per heavy atom. The third-order valence-electron chi connectivity index (χ3n) is 4.48. The van der Waals surface area contributed by atoms with Crippen LogP contribution in [0.3, 0.4) is 0 Å². The third kappa shape index (κ3) is 4.10. The molecule has 3 heterocycles. The molecule has 30 heavy (non-hydrogen) atoms. The van der Waals surface area contributed by atoms with Crippen molar-refractivity contribution in [2.45, 2.75) is 11.6 Å². The summed E-state index contributed by atoms with van der Waals surface area (Å²) in [6.45, 7) is 0. The fourth-order valence-electron chi connectivity index (χ4n) is 2.92. The quantitative estimate of drug-likeness (QED) is 0.195. The smallest absolute Gasteiger partial charge is 0.345 e. The molecular formula is C20H19N5O3S2. The lowest BCUT2D eigenvalue weighted by atomic mass is 10.2. The maximum absolute atomic E-state index is 12.3. The van der Waals surface area contributed by atoms with Crippen molar-refractivity contribution in [2.75, 3.05) is 12.9 Å². The maximum Gasteiger partial charge on any atom is 0.345 e. The second-order valence-corrected chi connectivity index (χ2v) is 8.39. The van der Waals surface area contributed by atoms with Gasteiger partial charge in [0.25, 0.3) is 0 Å². The van der Waals surface area contributed by atoms with E-state index in [-0.39, 0.29) is 22.9 Å². The molecule has 10 heteroatoms. The minimum absolute atomic E-state index is 0.00202. The maximum atomic E-state index is 12.3. The zero-order valence-corrected chi connectivity index (χ0v) is 18.0. The number of thioether (sulfide) groups is 1. The minimum atomic E-state index is -0.663. The molecule has 0 aliphatic rings. The number of benzene rings is 1. The van der Waals surface area contributed by atoms with Crippen molar-refractivity contribution >= 4 is 45.7 Å². The van der Waals surface area contributed by atoms with E-state index in [0.717, 1.165) is 11.3 Å². The highest BCUT2D eigenvalue weighted by Gasteiger charge is 2.23. The fourth-order valence-corrected chi connectivity index (χ4v) is 4.43. The summed E-state index contributed by atoms with van der Waals surface area (Å²) in [4.78, 5) is 21.0. The number of rotatable bonds is 7. The number of carbonyl (C=O) groups is 1. The van der Waals surface area contributed by atoms with E-state index in [2.05, 4.69) is 26.2 Å². The molecule has 0 unspecified atom stereocenters. The first-order chi connectivity index (χ1) is 14.6. The fraction of sp³-hybridized carbons (Fsp3) is 0.200. The lowest BCUT2D eigenvalue weighted by molar-refractivity contribution is -0.133. The number of esters is 1. The van der Waals surface area contributed by atoms with Crippen LogP contribution < -0.4 is 0 Å². The van der Waals surface area contributed by atoms with Crippen LogP contribution in [-0.4, -0.2) is 48.7 Å². The summed E-state index contributed by atoms with van der Waals surface area (Å²) in [6.07, 6.45) is 0.690. The lowest BCUT2D eigenvalue weighted by Crippen LogP contribution is -2.10. The van der Waals surface area contributed by atoms with Crippen LogP contribution in [0.15, 0.2) is 52.7 Å². The second kappa shape index (κ2) is 8.72. The molecule has 0 aliphatic heterocycles. The summed E-state index contributed by atoms with van der Waals surface area (Å²) in [5, 5.41) is 21.8. The molecule has 4 aromatic rings. The van der Waals surface area contributed by atoms with Crippen molar-refractivity contribution in [1.29, 1.82) is 0 Å². The van der Waals surface area contributed by atoms with E-state index in [9.17, 15) is 9.90 Å². The number of aliphatic hydroxyl groups excluding tert-OH is 1. The number of ether oxygens (including phenoxy) is 1. The number of thiophene rings is 1. The van der Waals surface area contributed by atoms with Gasteiger partial charge in [0, 0.05) is 18.3 Å². The molecular weight excluding hydrogens is 422 g/mol. The van der Waals surface area contributed by atoms with E-state index in [1.54, 1.807) is 11.3 Å². The highest BCUT2D eigenvalue weighted by Crippen LogP contribution is 2.25. The van der Waals surface area contributed by atoms with Crippen molar-refractivity contribution in [3.05, 3.63) is 64.1 Å². The summed E-state index contributed by atoms with van der Waals surface area (Å²) in [7, 11) is 3.15. The first-order valence-electron chi connectivity index (χ1n) is 9.05. The molecule has 0 aliphatic carbocycles. The van der Waals surface area contributed by atoms with Crippen molar-refractivity contribution in [3.8, 4) is 0 Å². The molecule has 1 aromatic carbocycles. The minimum Gasteiger partial charge on any atom is -0.510 e. The number of aromatic nitrogens is 5. The van der Waals surface area contributed by atoms with Gasteiger partial charge in [-0.25, -0.2) is 9.78 Å². The molecule has 0 saturated heterocycles. The van der Waals surface area contributed by atoms with Crippen LogP contribution in [-0.2, 0) is 23.0 Å². The predicted octanol–water partition coefficient (Wildman–Crippen LogP) is 3.58. The monoisotopic (exact) mass is 441 g/mol. The van der Waals surface area contributed by atoms with Gasteiger partial charge in [-0.3, -0.25) is 0 Å². The van der Waals surface area contributed by atoms with Gasteiger partial charge in [0.1, 0.15) is 23.0 Å². The van der Waals surface area contributed by atoms with Crippen LogP contribution in [0.4, 0.5) is 0 Å². The van der Waals surface area contributed by atoms with Crippen LogP contribution in [0.25, 0.3) is 16.6 Å². The SMILES string of the molecule is COC(=O)/C(=C(/O)CSc1nnc(Cc2cccs2)n1C)c1nc2ccccc2[nH]1. The van der Waals surface area contributed by atoms with Crippen LogP contribution in [0, 0.1) is 0 Å². The number of methoxy groups -OCH3 is 1. The summed E-state index contributed by atoms with van der Waals surface area (Å²) >= 11 is 2.95. The van der Waals surface area contributed by atoms with Gasteiger partial charge in [0.05, 0.1) is 23.9 Å². The number of imidazole rings is 1. The van der Waals surface area contributed by atoms with Crippen molar-refractivity contribution < 1.29 is 14.6 Å². The molecule has 0 bridgehead atoms. The number of carbonyl (C=O) groups excluding carboxylic acids is 1. The van der Waals surface area contributed by atoms with Crippen LogP contribution in [0.5, 0.6) is 0 Å². The molecule has 2 N–H and O–H groups in total.